The molecule has 0 spiro atoms. The number of halogens is 6. The molecule has 1 aromatic carbocycles. The average molecular weight is 415 g/mol. The van der Waals surface area contributed by atoms with E-state index in [1.807, 2.05) is 0 Å². The predicted octanol–water partition coefficient (Wildman–Crippen LogP) is 3.48. The number of sulfone groups is 1. The molecule has 1 aromatic rings. The molecule has 0 saturated carbocycles. The van der Waals surface area contributed by atoms with Gasteiger partial charge in [0.25, 0.3) is 15.7 Å². The van der Waals surface area contributed by atoms with Gasteiger partial charge >= 0.3 is 5.51 Å². The summed E-state index contributed by atoms with van der Waals surface area (Å²) in [5.74, 6) is -0.805. The summed E-state index contributed by atoms with van der Waals surface area (Å²) < 4.78 is 59.4. The van der Waals surface area contributed by atoms with Crippen LogP contribution >= 0.6 is 39.1 Å². The minimum atomic E-state index is -5.46. The van der Waals surface area contributed by atoms with Crippen LogP contribution in [0.3, 0.4) is 0 Å². The molecule has 0 bridgehead atoms. The average Bonchev–Trinajstić information content (AvgIpc) is 2.29. The van der Waals surface area contributed by atoms with Crippen LogP contribution in [0.5, 0.6) is 0 Å². The first-order valence-corrected chi connectivity index (χ1v) is 7.81. The molecule has 0 saturated heterocycles. The Labute approximate surface area is 130 Å². The fourth-order valence-corrected chi connectivity index (χ4v) is 2.61. The summed E-state index contributed by atoms with van der Waals surface area (Å²) in [6, 6.07) is 2.41. The fourth-order valence-electron chi connectivity index (χ4n) is 1.09. The normalized spacial score (nSPS) is 12.6. The second-order valence-corrected chi connectivity index (χ2v) is 7.27. The first-order chi connectivity index (χ1) is 8.96. The third-order valence-corrected chi connectivity index (χ3v) is 4.55. The molecule has 4 nitrogen and oxygen atoms in total. The zero-order valence-corrected chi connectivity index (χ0v) is 13.1. The van der Waals surface area contributed by atoms with E-state index >= 15 is 0 Å². The van der Waals surface area contributed by atoms with E-state index < -0.39 is 31.0 Å². The molecule has 1 rings (SSSR count). The van der Waals surface area contributed by atoms with Crippen molar-refractivity contribution >= 4 is 60.6 Å². The Balaban J connectivity index is 3.16. The molecule has 0 atom stereocenters. The van der Waals surface area contributed by atoms with Gasteiger partial charge in [0.1, 0.15) is 0 Å². The number of carbonyl (C=O) groups excluding carboxylic acids is 1. The van der Waals surface area contributed by atoms with E-state index in [-0.39, 0.29) is 10.2 Å². The van der Waals surface area contributed by atoms with Gasteiger partial charge in [-0.05, 0) is 34.1 Å². The Bertz CT molecular complexity index is 634. The van der Waals surface area contributed by atoms with E-state index in [2.05, 4.69) is 21.2 Å². The lowest BCUT2D eigenvalue weighted by Gasteiger charge is -2.11. The SMILES string of the molecule is O=C(Nc1ccc(S(=O)(=O)C(F)(F)F)cc1Br)C(Cl)Cl. The molecule has 0 aliphatic heterocycles. The summed E-state index contributed by atoms with van der Waals surface area (Å²) in [4.78, 5) is 8.88. The van der Waals surface area contributed by atoms with Gasteiger partial charge in [-0.2, -0.15) is 13.2 Å². The van der Waals surface area contributed by atoms with Gasteiger partial charge in [-0.3, -0.25) is 4.79 Å². The van der Waals surface area contributed by atoms with E-state index in [0.29, 0.717) is 6.07 Å². The first-order valence-electron chi connectivity index (χ1n) is 4.66. The zero-order chi connectivity index (χ0) is 15.7. The number of rotatable bonds is 3. The van der Waals surface area contributed by atoms with Crippen LogP contribution in [0.15, 0.2) is 27.6 Å². The number of hydrogen-bond donors (Lipinski definition) is 1. The summed E-state index contributed by atoms with van der Waals surface area (Å²) in [5.41, 5.74) is -5.38. The highest BCUT2D eigenvalue weighted by atomic mass is 79.9. The van der Waals surface area contributed by atoms with Crippen LogP contribution in [0.1, 0.15) is 0 Å². The Morgan fingerprint density at radius 1 is 1.30 bits per heavy atom. The lowest BCUT2D eigenvalue weighted by molar-refractivity contribution is -0.114. The largest absolute Gasteiger partial charge is 0.501 e. The molecule has 0 aliphatic carbocycles. The number of hydrogen-bond acceptors (Lipinski definition) is 3. The quantitative estimate of drug-likeness (QED) is 0.770. The van der Waals surface area contributed by atoms with Gasteiger partial charge in [0, 0.05) is 4.47 Å². The van der Waals surface area contributed by atoms with Crippen LogP contribution in [0.25, 0.3) is 0 Å². The number of amides is 1. The molecule has 0 fully saturated rings. The topological polar surface area (TPSA) is 63.2 Å². The van der Waals surface area contributed by atoms with E-state index in [9.17, 15) is 26.4 Å². The number of anilines is 1. The first kappa shape index (κ1) is 17.5. The van der Waals surface area contributed by atoms with E-state index in [0.717, 1.165) is 12.1 Å². The summed E-state index contributed by atoms with van der Waals surface area (Å²) in [6.45, 7) is 0. The van der Waals surface area contributed by atoms with E-state index in [4.69, 9.17) is 23.2 Å². The van der Waals surface area contributed by atoms with Gasteiger partial charge in [0.15, 0.2) is 4.84 Å². The van der Waals surface area contributed by atoms with E-state index in [1.54, 1.807) is 0 Å². The summed E-state index contributed by atoms with van der Waals surface area (Å²) in [7, 11) is -5.46. The molecule has 1 amide bonds. The van der Waals surface area contributed by atoms with Crippen molar-refractivity contribution in [1.82, 2.24) is 0 Å². The lowest BCUT2D eigenvalue weighted by Crippen LogP contribution is -2.23. The molecule has 112 valence electrons. The smallest absolute Gasteiger partial charge is 0.323 e. The molecule has 11 heteroatoms. The molecule has 0 aliphatic rings. The zero-order valence-electron chi connectivity index (χ0n) is 9.21. The molecule has 20 heavy (non-hydrogen) atoms. The Morgan fingerprint density at radius 3 is 2.25 bits per heavy atom. The molecular formula is C9H5BrCl2F3NO3S. The van der Waals surface area contributed by atoms with Crippen molar-refractivity contribution in [3.63, 3.8) is 0 Å². The number of benzene rings is 1. The highest BCUT2D eigenvalue weighted by Crippen LogP contribution is 2.33. The van der Waals surface area contributed by atoms with Crippen molar-refractivity contribution in [1.29, 1.82) is 0 Å². The maximum Gasteiger partial charge on any atom is 0.501 e. The minimum Gasteiger partial charge on any atom is -0.323 e. The van der Waals surface area contributed by atoms with Crippen LogP contribution < -0.4 is 5.32 Å². The Hall–Kier alpha value is -0.510. The summed E-state index contributed by atoms with van der Waals surface area (Å²) in [5, 5.41) is 2.20. The van der Waals surface area contributed by atoms with Crippen LogP contribution in [0.2, 0.25) is 0 Å². The fraction of sp³-hybridized carbons (Fsp3) is 0.222. The van der Waals surface area contributed by atoms with Crippen molar-refractivity contribution in [2.75, 3.05) is 5.32 Å². The van der Waals surface area contributed by atoms with Crippen molar-refractivity contribution in [2.45, 2.75) is 15.2 Å². The number of alkyl halides is 5. The van der Waals surface area contributed by atoms with Gasteiger partial charge in [0.2, 0.25) is 0 Å². The van der Waals surface area contributed by atoms with Gasteiger partial charge in [-0.25, -0.2) is 8.42 Å². The molecule has 0 unspecified atom stereocenters. The highest BCUT2D eigenvalue weighted by molar-refractivity contribution is 9.10. The molecule has 0 aromatic heterocycles. The van der Waals surface area contributed by atoms with Crippen molar-refractivity contribution in [3.8, 4) is 0 Å². The number of carbonyl (C=O) groups is 1. The molecule has 0 radical (unpaired) electrons. The third kappa shape index (κ3) is 3.78. The van der Waals surface area contributed by atoms with Crippen LogP contribution in [0, 0.1) is 0 Å². The maximum absolute atomic E-state index is 12.4. The third-order valence-electron chi connectivity index (χ3n) is 2.01. The molecular weight excluding hydrogens is 410 g/mol. The second kappa shape index (κ2) is 6.08. The van der Waals surface area contributed by atoms with Crippen molar-refractivity contribution in [3.05, 3.63) is 22.7 Å². The van der Waals surface area contributed by atoms with Crippen molar-refractivity contribution < 1.29 is 26.4 Å². The predicted molar refractivity (Wildman–Crippen MR) is 71.5 cm³/mol. The summed E-state index contributed by atoms with van der Waals surface area (Å²) >= 11 is 13.4. The van der Waals surface area contributed by atoms with Gasteiger partial charge in [0.05, 0.1) is 10.6 Å². The maximum atomic E-state index is 12.4. The standard InChI is InChI=1S/C9H5BrCl2F3NO3S/c10-5-3-4(20(18,19)9(13,14)15)1-2-6(5)16-8(17)7(11)12/h1-3,7H,(H,16,17). The van der Waals surface area contributed by atoms with Crippen LogP contribution in [-0.2, 0) is 14.6 Å². The molecule has 0 heterocycles. The van der Waals surface area contributed by atoms with Crippen LogP contribution in [0.4, 0.5) is 18.9 Å². The van der Waals surface area contributed by atoms with Gasteiger partial charge < -0.3 is 5.32 Å². The number of nitrogens with one attached hydrogen (secondary N) is 1. The summed E-state index contributed by atoms with van der Waals surface area (Å²) in [6.07, 6.45) is 0. The molecule has 1 N–H and O–H groups in total. The highest BCUT2D eigenvalue weighted by Gasteiger charge is 2.47. The van der Waals surface area contributed by atoms with E-state index in [1.165, 1.54) is 0 Å². The minimum absolute atomic E-state index is 0.0300. The van der Waals surface area contributed by atoms with Crippen LogP contribution in [-0.4, -0.2) is 24.7 Å². The Morgan fingerprint density at radius 2 is 1.85 bits per heavy atom. The lowest BCUT2D eigenvalue weighted by atomic mass is 10.3. The monoisotopic (exact) mass is 413 g/mol. The van der Waals surface area contributed by atoms with Gasteiger partial charge in [-0.15, -0.1) is 0 Å². The Kier molecular flexibility index (Phi) is 5.34. The van der Waals surface area contributed by atoms with Crippen molar-refractivity contribution in [2.24, 2.45) is 0 Å². The van der Waals surface area contributed by atoms with Gasteiger partial charge in [-0.1, -0.05) is 23.2 Å². The second-order valence-electron chi connectivity index (χ2n) is 3.38.